The zero-order valence-corrected chi connectivity index (χ0v) is 18.6. The van der Waals surface area contributed by atoms with E-state index in [0.29, 0.717) is 36.4 Å². The number of hydrogen-bond acceptors (Lipinski definition) is 5. The van der Waals surface area contributed by atoms with Crippen molar-refractivity contribution in [1.29, 1.82) is 0 Å². The van der Waals surface area contributed by atoms with Gasteiger partial charge >= 0.3 is 5.97 Å². The van der Waals surface area contributed by atoms with Gasteiger partial charge in [0.25, 0.3) is 5.91 Å². The monoisotopic (exact) mass is 443 g/mol. The number of ether oxygens (including phenoxy) is 3. The summed E-state index contributed by atoms with van der Waals surface area (Å²) in [7, 11) is 3.22. The van der Waals surface area contributed by atoms with Gasteiger partial charge in [-0.1, -0.05) is 48.5 Å². The normalized spacial score (nSPS) is 19.2. The molecule has 0 fully saturated rings. The Balaban J connectivity index is 1.55. The molecule has 2 heterocycles. The zero-order valence-electron chi connectivity index (χ0n) is 18.6. The van der Waals surface area contributed by atoms with E-state index in [-0.39, 0.29) is 11.9 Å². The Morgan fingerprint density at radius 3 is 2.39 bits per heavy atom. The van der Waals surface area contributed by atoms with Gasteiger partial charge in [0, 0.05) is 13.0 Å². The van der Waals surface area contributed by atoms with Crippen molar-refractivity contribution in [1.82, 2.24) is 4.90 Å². The number of cyclic esters (lactones) is 1. The van der Waals surface area contributed by atoms with Crippen LogP contribution in [0.2, 0.25) is 0 Å². The molecule has 0 N–H and O–H groups in total. The van der Waals surface area contributed by atoms with Crippen molar-refractivity contribution in [2.24, 2.45) is 0 Å². The number of fused-ring (bicyclic) bond motifs is 2. The van der Waals surface area contributed by atoms with E-state index in [1.54, 1.807) is 26.4 Å². The van der Waals surface area contributed by atoms with Crippen molar-refractivity contribution in [3.8, 4) is 11.5 Å². The van der Waals surface area contributed by atoms with Crippen LogP contribution in [0, 0.1) is 0 Å². The lowest BCUT2D eigenvalue weighted by molar-refractivity contribution is -0.143. The van der Waals surface area contributed by atoms with Crippen molar-refractivity contribution in [3.63, 3.8) is 0 Å². The van der Waals surface area contributed by atoms with Crippen LogP contribution in [-0.2, 0) is 22.4 Å². The van der Waals surface area contributed by atoms with Gasteiger partial charge in [0.2, 0.25) is 0 Å². The van der Waals surface area contributed by atoms with Crippen LogP contribution in [0.5, 0.6) is 11.5 Å². The molecule has 2 aliphatic heterocycles. The minimum Gasteiger partial charge on any atom is -0.493 e. The van der Waals surface area contributed by atoms with E-state index in [1.165, 1.54) is 0 Å². The smallest absolute Gasteiger partial charge is 0.339 e. The van der Waals surface area contributed by atoms with Crippen molar-refractivity contribution in [3.05, 3.63) is 94.5 Å². The lowest BCUT2D eigenvalue weighted by Crippen LogP contribution is -2.48. The molecular formula is C27H25NO5. The minimum atomic E-state index is -0.847. The molecule has 5 rings (SSSR count). The van der Waals surface area contributed by atoms with Crippen LogP contribution in [-0.4, -0.2) is 43.6 Å². The van der Waals surface area contributed by atoms with Crippen LogP contribution in [0.25, 0.3) is 0 Å². The molecule has 0 saturated heterocycles. The van der Waals surface area contributed by atoms with E-state index in [4.69, 9.17) is 14.2 Å². The Morgan fingerprint density at radius 1 is 0.939 bits per heavy atom. The SMILES string of the molecule is COc1cc2c(cc1OC)C(c1ccccc1)N(C(=O)C1Cc3ccccc3C(=O)O1)CC2. The Bertz CT molecular complexity index is 1210. The first kappa shape index (κ1) is 21.1. The molecule has 3 aromatic rings. The fourth-order valence-corrected chi connectivity index (χ4v) is 4.83. The van der Waals surface area contributed by atoms with E-state index in [9.17, 15) is 9.59 Å². The van der Waals surface area contributed by atoms with Crippen molar-refractivity contribution < 1.29 is 23.8 Å². The standard InChI is InChI=1S/C27H25NO5/c1-31-22-14-19-12-13-28(25(17-8-4-3-5-9-17)21(19)16-23(22)32-2)26(29)24-15-18-10-6-7-11-20(18)27(30)33-24/h3-11,14,16,24-25H,12-13,15H2,1-2H3. The zero-order chi connectivity index (χ0) is 22.9. The number of methoxy groups -OCH3 is 2. The third kappa shape index (κ3) is 3.71. The average Bonchev–Trinajstić information content (AvgIpc) is 2.87. The lowest BCUT2D eigenvalue weighted by atomic mass is 9.87. The second kappa shape index (κ2) is 8.62. The topological polar surface area (TPSA) is 65.1 Å². The summed E-state index contributed by atoms with van der Waals surface area (Å²) in [5.74, 6) is 0.646. The molecule has 3 aromatic carbocycles. The van der Waals surface area contributed by atoms with Crippen molar-refractivity contribution in [2.45, 2.75) is 25.0 Å². The van der Waals surface area contributed by atoms with E-state index in [0.717, 1.165) is 22.3 Å². The molecular weight excluding hydrogens is 418 g/mol. The molecule has 0 aromatic heterocycles. The highest BCUT2D eigenvalue weighted by Crippen LogP contribution is 2.41. The van der Waals surface area contributed by atoms with E-state index < -0.39 is 12.1 Å². The van der Waals surface area contributed by atoms with E-state index >= 15 is 0 Å². The first-order chi connectivity index (χ1) is 16.1. The Morgan fingerprint density at radius 2 is 1.64 bits per heavy atom. The van der Waals surface area contributed by atoms with Gasteiger partial charge in [0.05, 0.1) is 25.8 Å². The largest absolute Gasteiger partial charge is 0.493 e. The van der Waals surface area contributed by atoms with Gasteiger partial charge in [0.15, 0.2) is 17.6 Å². The summed E-state index contributed by atoms with van der Waals surface area (Å²) in [5, 5.41) is 0. The first-order valence-electron chi connectivity index (χ1n) is 11.0. The Hall–Kier alpha value is -3.80. The second-order valence-electron chi connectivity index (χ2n) is 8.26. The van der Waals surface area contributed by atoms with Crippen molar-refractivity contribution in [2.75, 3.05) is 20.8 Å². The quantitative estimate of drug-likeness (QED) is 0.571. The molecule has 2 unspecified atom stereocenters. The Kier molecular flexibility index (Phi) is 5.50. The number of hydrogen-bond donors (Lipinski definition) is 0. The molecule has 33 heavy (non-hydrogen) atoms. The molecule has 0 aliphatic carbocycles. The molecule has 0 saturated carbocycles. The fraction of sp³-hybridized carbons (Fsp3) is 0.259. The van der Waals surface area contributed by atoms with Gasteiger partial charge in [-0.2, -0.15) is 0 Å². The maximum absolute atomic E-state index is 13.8. The number of amides is 1. The van der Waals surface area contributed by atoms with E-state index in [1.807, 2.05) is 59.5 Å². The summed E-state index contributed by atoms with van der Waals surface area (Å²) >= 11 is 0. The Labute approximate surface area is 192 Å². The minimum absolute atomic E-state index is 0.188. The summed E-state index contributed by atoms with van der Waals surface area (Å²) in [6.45, 7) is 0.510. The third-order valence-electron chi connectivity index (χ3n) is 6.44. The second-order valence-corrected chi connectivity index (χ2v) is 8.26. The molecule has 1 amide bonds. The first-order valence-corrected chi connectivity index (χ1v) is 11.0. The van der Waals surface area contributed by atoms with Crippen LogP contribution in [0.3, 0.4) is 0 Å². The van der Waals surface area contributed by atoms with Crippen molar-refractivity contribution >= 4 is 11.9 Å². The van der Waals surface area contributed by atoms with Crippen LogP contribution < -0.4 is 9.47 Å². The summed E-state index contributed by atoms with van der Waals surface area (Å²) < 4.78 is 16.7. The number of rotatable bonds is 4. The highest BCUT2D eigenvalue weighted by Gasteiger charge is 2.39. The van der Waals surface area contributed by atoms with Gasteiger partial charge in [0.1, 0.15) is 0 Å². The number of esters is 1. The summed E-state index contributed by atoms with van der Waals surface area (Å²) in [6.07, 6.45) is 0.194. The van der Waals surface area contributed by atoms with Crippen LogP contribution in [0.15, 0.2) is 66.7 Å². The molecule has 6 heteroatoms. The average molecular weight is 443 g/mol. The predicted octanol–water partition coefficient (Wildman–Crippen LogP) is 3.96. The fourth-order valence-electron chi connectivity index (χ4n) is 4.83. The number of nitrogens with zero attached hydrogens (tertiary/aromatic N) is 1. The van der Waals surface area contributed by atoms with Gasteiger partial charge in [-0.25, -0.2) is 4.79 Å². The molecule has 6 nitrogen and oxygen atoms in total. The van der Waals surface area contributed by atoms with Gasteiger partial charge in [-0.3, -0.25) is 4.79 Å². The lowest BCUT2D eigenvalue weighted by Gasteiger charge is -2.40. The summed E-state index contributed by atoms with van der Waals surface area (Å²) in [4.78, 5) is 28.2. The number of benzene rings is 3. The highest BCUT2D eigenvalue weighted by molar-refractivity contribution is 5.96. The van der Waals surface area contributed by atoms with Gasteiger partial charge in [-0.05, 0) is 46.9 Å². The van der Waals surface area contributed by atoms with Gasteiger partial charge < -0.3 is 19.1 Å². The highest BCUT2D eigenvalue weighted by atomic mass is 16.5. The molecule has 0 bridgehead atoms. The summed E-state index contributed by atoms with van der Waals surface area (Å²) in [5.41, 5.74) is 4.45. The molecule has 0 radical (unpaired) electrons. The van der Waals surface area contributed by atoms with Crippen LogP contribution in [0.4, 0.5) is 0 Å². The van der Waals surface area contributed by atoms with Crippen LogP contribution >= 0.6 is 0 Å². The number of carbonyl (C=O) groups is 2. The molecule has 0 spiro atoms. The predicted molar refractivity (Wildman–Crippen MR) is 123 cm³/mol. The summed E-state index contributed by atoms with van der Waals surface area (Å²) in [6, 6.07) is 20.8. The maximum Gasteiger partial charge on any atom is 0.339 e. The molecule has 2 atom stereocenters. The van der Waals surface area contributed by atoms with Crippen LogP contribution in [0.1, 0.15) is 38.7 Å². The number of carbonyl (C=O) groups excluding carboxylic acids is 2. The van der Waals surface area contributed by atoms with Gasteiger partial charge in [-0.15, -0.1) is 0 Å². The third-order valence-corrected chi connectivity index (χ3v) is 6.44. The molecule has 2 aliphatic rings. The maximum atomic E-state index is 13.8. The van der Waals surface area contributed by atoms with E-state index in [2.05, 4.69) is 0 Å². The molecule has 168 valence electrons.